The second-order valence-electron chi connectivity index (χ2n) is 8.21. The molecule has 9 heteroatoms. The summed E-state index contributed by atoms with van der Waals surface area (Å²) in [6, 6.07) is 2.44. The van der Waals surface area contributed by atoms with E-state index >= 15 is 0 Å². The zero-order valence-electron chi connectivity index (χ0n) is 18.0. The molecule has 0 aromatic carbocycles. The molecule has 0 spiro atoms. The van der Waals surface area contributed by atoms with Gasteiger partial charge in [0.1, 0.15) is 12.6 Å². The molecule has 3 atom stereocenters. The molecule has 2 heterocycles. The summed E-state index contributed by atoms with van der Waals surface area (Å²) in [5, 5.41) is 23.9. The zero-order chi connectivity index (χ0) is 22.6. The number of amides is 1. The summed E-state index contributed by atoms with van der Waals surface area (Å²) < 4.78 is 0. The van der Waals surface area contributed by atoms with Crippen LogP contribution in [0, 0.1) is 0 Å². The Kier molecular flexibility index (Phi) is 11.0. The number of unbranched alkanes of at least 4 members (excludes halogenated alkanes) is 5. The predicted octanol–water partition coefficient (Wildman–Crippen LogP) is 2.64. The van der Waals surface area contributed by atoms with Crippen molar-refractivity contribution in [2.24, 2.45) is 5.73 Å². The van der Waals surface area contributed by atoms with E-state index in [0.717, 1.165) is 43.4 Å². The zero-order valence-corrected chi connectivity index (χ0v) is 18.8. The summed E-state index contributed by atoms with van der Waals surface area (Å²) in [7, 11) is 0. The van der Waals surface area contributed by atoms with Crippen LogP contribution >= 0.6 is 11.3 Å². The molecule has 0 radical (unpaired) electrons. The van der Waals surface area contributed by atoms with Gasteiger partial charge in [-0.05, 0) is 43.7 Å². The first-order chi connectivity index (χ1) is 14.9. The Morgan fingerprint density at radius 1 is 1.16 bits per heavy atom. The molecule has 1 aromatic heterocycles. The van der Waals surface area contributed by atoms with Gasteiger partial charge in [-0.15, -0.1) is 11.3 Å². The van der Waals surface area contributed by atoms with E-state index in [0.29, 0.717) is 32.4 Å². The Hall–Kier alpha value is -1.97. The third-order valence-electron chi connectivity index (χ3n) is 5.77. The van der Waals surface area contributed by atoms with E-state index in [1.165, 1.54) is 4.90 Å². The van der Waals surface area contributed by atoms with Crippen molar-refractivity contribution in [3.63, 3.8) is 0 Å². The second-order valence-corrected chi connectivity index (χ2v) is 9.19. The number of hydrogen-bond acceptors (Lipinski definition) is 6. The van der Waals surface area contributed by atoms with Crippen LogP contribution in [-0.4, -0.2) is 64.7 Å². The van der Waals surface area contributed by atoms with E-state index < -0.39 is 24.0 Å². The number of carbonyl (C=O) groups excluding carboxylic acids is 1. The van der Waals surface area contributed by atoms with Gasteiger partial charge in [-0.3, -0.25) is 19.7 Å². The van der Waals surface area contributed by atoms with Crippen molar-refractivity contribution in [2.75, 3.05) is 19.6 Å². The average Bonchev–Trinajstić information content (AvgIpc) is 3.21. The number of nitrogens with zero attached hydrogens (tertiary/aromatic N) is 1. The van der Waals surface area contributed by atoms with Crippen molar-refractivity contribution >= 4 is 29.2 Å². The Bertz CT molecular complexity index is 697. The van der Waals surface area contributed by atoms with Crippen LogP contribution in [-0.2, 0) is 14.4 Å². The molecule has 174 valence electrons. The van der Waals surface area contributed by atoms with E-state index in [2.05, 4.69) is 5.32 Å². The lowest BCUT2D eigenvalue weighted by Crippen LogP contribution is -2.52. The normalized spacial score (nSPS) is 20.4. The first kappa shape index (κ1) is 25.3. The Morgan fingerprint density at radius 3 is 2.48 bits per heavy atom. The van der Waals surface area contributed by atoms with Gasteiger partial charge >= 0.3 is 11.9 Å². The van der Waals surface area contributed by atoms with Crippen LogP contribution in [0.2, 0.25) is 0 Å². The molecule has 5 N–H and O–H groups in total. The maximum Gasteiger partial charge on any atom is 0.323 e. The van der Waals surface area contributed by atoms with Gasteiger partial charge in [0.2, 0.25) is 5.91 Å². The van der Waals surface area contributed by atoms with Gasteiger partial charge in [0.05, 0.1) is 6.04 Å². The van der Waals surface area contributed by atoms with E-state index in [1.807, 2.05) is 17.5 Å². The van der Waals surface area contributed by atoms with Gasteiger partial charge in [-0.25, -0.2) is 0 Å². The van der Waals surface area contributed by atoms with Crippen molar-refractivity contribution in [1.29, 1.82) is 0 Å². The minimum absolute atomic E-state index is 0.0619. The summed E-state index contributed by atoms with van der Waals surface area (Å²) in [5.41, 5.74) is 5.49. The third-order valence-corrected chi connectivity index (χ3v) is 6.81. The molecule has 8 nitrogen and oxygen atoms in total. The molecule has 0 aliphatic carbocycles. The van der Waals surface area contributed by atoms with Crippen LogP contribution < -0.4 is 11.1 Å². The summed E-state index contributed by atoms with van der Waals surface area (Å²) in [6.45, 7) is 0.663. The van der Waals surface area contributed by atoms with Gasteiger partial charge in [-0.1, -0.05) is 38.2 Å². The Labute approximate surface area is 187 Å². The number of nitrogens with two attached hydrogens (primary N) is 1. The highest BCUT2D eigenvalue weighted by atomic mass is 32.1. The molecule has 1 fully saturated rings. The van der Waals surface area contributed by atoms with E-state index in [-0.39, 0.29) is 18.4 Å². The largest absolute Gasteiger partial charge is 0.480 e. The second kappa shape index (κ2) is 13.4. The summed E-state index contributed by atoms with van der Waals surface area (Å²) >= 11 is 1.59. The van der Waals surface area contributed by atoms with Crippen LogP contribution in [0.1, 0.15) is 68.6 Å². The first-order valence-corrected chi connectivity index (χ1v) is 12.0. The molecule has 0 saturated carbocycles. The molecule has 1 saturated heterocycles. The molecule has 1 aliphatic rings. The highest BCUT2D eigenvalue weighted by Gasteiger charge is 2.35. The lowest BCUT2D eigenvalue weighted by atomic mass is 9.99. The Balaban J connectivity index is 1.96. The van der Waals surface area contributed by atoms with Crippen molar-refractivity contribution in [1.82, 2.24) is 10.2 Å². The van der Waals surface area contributed by atoms with Crippen LogP contribution in [0.5, 0.6) is 0 Å². The highest BCUT2D eigenvalue weighted by molar-refractivity contribution is 7.10. The van der Waals surface area contributed by atoms with Crippen molar-refractivity contribution in [3.8, 4) is 0 Å². The van der Waals surface area contributed by atoms with Gasteiger partial charge in [0.15, 0.2) is 0 Å². The molecule has 0 bridgehead atoms. The molecule has 31 heavy (non-hydrogen) atoms. The van der Waals surface area contributed by atoms with Crippen LogP contribution in [0.15, 0.2) is 17.5 Å². The first-order valence-electron chi connectivity index (χ1n) is 11.1. The number of aliphatic carboxylic acids is 2. The average molecular weight is 454 g/mol. The minimum Gasteiger partial charge on any atom is -0.480 e. The minimum atomic E-state index is -1.07. The standard InChI is InChI=1S/C22H35N3O5S/c23-12-6-4-2-1-3-5-8-18(22(29)30)24-17-11-10-16(19-9-7-13-31-19)14-25(21(17)28)15-20(26)27/h7,9,13,16-18,24H,1-6,8,10-12,14-15,23H2,(H,26,27)(H,29,30). The quantitative estimate of drug-likeness (QED) is 0.318. The number of thiophene rings is 1. The van der Waals surface area contributed by atoms with Gasteiger partial charge < -0.3 is 20.8 Å². The number of nitrogens with one attached hydrogen (secondary N) is 1. The number of rotatable bonds is 14. The highest BCUT2D eigenvalue weighted by Crippen LogP contribution is 2.30. The van der Waals surface area contributed by atoms with Crippen molar-refractivity contribution < 1.29 is 24.6 Å². The molecule has 1 aromatic rings. The predicted molar refractivity (Wildman–Crippen MR) is 120 cm³/mol. The number of carboxylic acid groups (broad SMARTS) is 2. The van der Waals surface area contributed by atoms with E-state index in [9.17, 15) is 24.6 Å². The number of carboxylic acids is 2. The maximum absolute atomic E-state index is 13.0. The molecule has 1 amide bonds. The van der Waals surface area contributed by atoms with Crippen molar-refractivity contribution in [2.45, 2.75) is 75.8 Å². The maximum atomic E-state index is 13.0. The topological polar surface area (TPSA) is 133 Å². The lowest BCUT2D eigenvalue weighted by Gasteiger charge is -2.26. The van der Waals surface area contributed by atoms with Crippen molar-refractivity contribution in [3.05, 3.63) is 22.4 Å². The number of likely N-dealkylation sites (tertiary alicyclic amines) is 1. The third kappa shape index (κ3) is 8.59. The molecule has 2 rings (SSSR count). The van der Waals surface area contributed by atoms with Crippen LogP contribution in [0.3, 0.4) is 0 Å². The number of carbonyl (C=O) groups is 3. The summed E-state index contributed by atoms with van der Waals surface area (Å²) in [6.07, 6.45) is 7.60. The van der Waals surface area contributed by atoms with E-state index in [4.69, 9.17) is 5.73 Å². The van der Waals surface area contributed by atoms with Gasteiger partial charge in [-0.2, -0.15) is 0 Å². The van der Waals surface area contributed by atoms with Gasteiger partial charge in [0.25, 0.3) is 0 Å². The van der Waals surface area contributed by atoms with Crippen LogP contribution in [0.4, 0.5) is 0 Å². The summed E-state index contributed by atoms with van der Waals surface area (Å²) in [5.74, 6) is -2.30. The molecule has 3 unspecified atom stereocenters. The fourth-order valence-corrected chi connectivity index (χ4v) is 4.95. The monoisotopic (exact) mass is 453 g/mol. The Morgan fingerprint density at radius 2 is 1.87 bits per heavy atom. The molecular weight excluding hydrogens is 418 g/mol. The SMILES string of the molecule is NCCCCCCCCC(NC1CCC(c2cccs2)CN(CC(=O)O)C1=O)C(=O)O. The fraction of sp³-hybridized carbons (Fsp3) is 0.682. The fourth-order valence-electron chi connectivity index (χ4n) is 4.10. The smallest absolute Gasteiger partial charge is 0.323 e. The molecule has 1 aliphatic heterocycles. The van der Waals surface area contributed by atoms with Gasteiger partial charge in [0, 0.05) is 17.3 Å². The lowest BCUT2D eigenvalue weighted by molar-refractivity contribution is -0.146. The van der Waals surface area contributed by atoms with E-state index in [1.54, 1.807) is 11.3 Å². The number of hydrogen-bond donors (Lipinski definition) is 4. The summed E-state index contributed by atoms with van der Waals surface area (Å²) in [4.78, 5) is 38.6. The molecular formula is C22H35N3O5S. The van der Waals surface area contributed by atoms with Crippen LogP contribution in [0.25, 0.3) is 0 Å².